The molecule has 1 rings (SSSR count). The number of hydrogen-bond donors (Lipinski definition) is 0. The van der Waals surface area contributed by atoms with Gasteiger partial charge >= 0.3 is 12.1 Å². The number of cyclic esters (lactones) is 2. The largest absolute Gasteiger partial charge is 0.509 e. The van der Waals surface area contributed by atoms with E-state index in [1.807, 2.05) is 13.8 Å². The molecule has 5 heteroatoms. The van der Waals surface area contributed by atoms with Crippen LogP contribution < -0.4 is 0 Å². The standard InChI is InChI=1S/C12H18O5/c1-5-15-9(13)6-7-12(4)10(8(2)3)16-11(14)17-12/h6-8,10H,5H2,1-4H3/b7-6+/t10-,12-/m0/s1. The Morgan fingerprint density at radius 1 is 1.59 bits per heavy atom. The highest BCUT2D eigenvalue weighted by Gasteiger charge is 2.47. The van der Waals surface area contributed by atoms with Crippen molar-refractivity contribution in [2.75, 3.05) is 6.61 Å². The van der Waals surface area contributed by atoms with Crippen LogP contribution >= 0.6 is 0 Å². The van der Waals surface area contributed by atoms with Crippen LogP contribution in [0.4, 0.5) is 4.79 Å². The summed E-state index contributed by atoms with van der Waals surface area (Å²) in [5, 5.41) is 0. The predicted octanol–water partition coefficient (Wildman–Crippen LogP) is 2.06. The average molecular weight is 242 g/mol. The molecule has 0 aromatic heterocycles. The molecule has 5 nitrogen and oxygen atoms in total. The van der Waals surface area contributed by atoms with E-state index in [9.17, 15) is 9.59 Å². The maximum atomic E-state index is 11.2. The van der Waals surface area contributed by atoms with E-state index in [-0.39, 0.29) is 5.92 Å². The van der Waals surface area contributed by atoms with Gasteiger partial charge in [-0.25, -0.2) is 9.59 Å². The Labute approximate surface area is 101 Å². The molecule has 0 aromatic carbocycles. The van der Waals surface area contributed by atoms with Crippen LogP contribution in [0.2, 0.25) is 0 Å². The van der Waals surface area contributed by atoms with Gasteiger partial charge in [-0.05, 0) is 25.8 Å². The molecule has 0 saturated carbocycles. The summed E-state index contributed by atoms with van der Waals surface area (Å²) in [4.78, 5) is 22.4. The van der Waals surface area contributed by atoms with Crippen molar-refractivity contribution in [3.05, 3.63) is 12.2 Å². The van der Waals surface area contributed by atoms with E-state index in [1.165, 1.54) is 12.2 Å². The molecule has 2 atom stereocenters. The van der Waals surface area contributed by atoms with Crippen LogP contribution in [0.15, 0.2) is 12.2 Å². The Morgan fingerprint density at radius 3 is 2.76 bits per heavy atom. The number of hydrogen-bond acceptors (Lipinski definition) is 5. The molecular formula is C12H18O5. The molecule has 0 spiro atoms. The lowest BCUT2D eigenvalue weighted by molar-refractivity contribution is -0.137. The SMILES string of the molecule is CCOC(=O)/C=C/[C@]1(C)OC(=O)O[C@H]1C(C)C. The zero-order chi connectivity index (χ0) is 13.1. The third-order valence-corrected chi connectivity index (χ3v) is 2.53. The molecule has 17 heavy (non-hydrogen) atoms. The van der Waals surface area contributed by atoms with E-state index in [0.29, 0.717) is 6.61 Å². The Hall–Kier alpha value is -1.52. The number of carbonyl (C=O) groups excluding carboxylic acids is 2. The third-order valence-electron chi connectivity index (χ3n) is 2.53. The Balaban J connectivity index is 2.78. The van der Waals surface area contributed by atoms with Gasteiger partial charge in [0, 0.05) is 6.08 Å². The van der Waals surface area contributed by atoms with Crippen molar-refractivity contribution < 1.29 is 23.8 Å². The first kappa shape index (κ1) is 13.5. The summed E-state index contributed by atoms with van der Waals surface area (Å²) in [6, 6.07) is 0. The maximum Gasteiger partial charge on any atom is 0.509 e. The highest BCUT2D eigenvalue weighted by atomic mass is 16.8. The quantitative estimate of drug-likeness (QED) is 0.557. The second kappa shape index (κ2) is 5.21. The topological polar surface area (TPSA) is 61.8 Å². The van der Waals surface area contributed by atoms with Gasteiger partial charge in [0.2, 0.25) is 0 Å². The number of carbonyl (C=O) groups is 2. The van der Waals surface area contributed by atoms with Crippen molar-refractivity contribution in [1.82, 2.24) is 0 Å². The van der Waals surface area contributed by atoms with Gasteiger partial charge in [-0.15, -0.1) is 0 Å². The normalized spacial score (nSPS) is 28.3. The van der Waals surface area contributed by atoms with Gasteiger partial charge in [-0.1, -0.05) is 13.8 Å². The minimum atomic E-state index is -0.919. The third kappa shape index (κ3) is 3.22. The summed E-state index contributed by atoms with van der Waals surface area (Å²) >= 11 is 0. The van der Waals surface area contributed by atoms with Crippen LogP contribution in [-0.4, -0.2) is 30.4 Å². The molecule has 96 valence electrons. The van der Waals surface area contributed by atoms with Gasteiger partial charge in [-0.3, -0.25) is 0 Å². The molecule has 1 fully saturated rings. The average Bonchev–Trinajstić information content (AvgIpc) is 2.53. The minimum Gasteiger partial charge on any atom is -0.463 e. The fourth-order valence-electron chi connectivity index (χ4n) is 1.83. The van der Waals surface area contributed by atoms with Crippen LogP contribution in [0.25, 0.3) is 0 Å². The summed E-state index contributed by atoms with van der Waals surface area (Å²) in [6.07, 6.45) is 1.67. The van der Waals surface area contributed by atoms with Gasteiger partial charge in [0.15, 0.2) is 11.7 Å². The van der Waals surface area contributed by atoms with Crippen molar-refractivity contribution in [2.24, 2.45) is 5.92 Å². The maximum absolute atomic E-state index is 11.2. The van der Waals surface area contributed by atoms with E-state index >= 15 is 0 Å². The highest BCUT2D eigenvalue weighted by Crippen LogP contribution is 2.32. The first-order valence-electron chi connectivity index (χ1n) is 5.64. The Kier molecular flexibility index (Phi) is 4.15. The van der Waals surface area contributed by atoms with Gasteiger partial charge in [-0.2, -0.15) is 0 Å². The van der Waals surface area contributed by atoms with E-state index in [0.717, 1.165) is 0 Å². The molecule has 1 saturated heterocycles. The van der Waals surface area contributed by atoms with Crippen LogP contribution in [0.5, 0.6) is 0 Å². The molecule has 0 N–H and O–H groups in total. The van der Waals surface area contributed by atoms with Crippen LogP contribution in [0.3, 0.4) is 0 Å². The van der Waals surface area contributed by atoms with E-state index in [2.05, 4.69) is 0 Å². The Bertz CT molecular complexity index is 334. The number of esters is 1. The zero-order valence-electron chi connectivity index (χ0n) is 10.6. The van der Waals surface area contributed by atoms with Crippen LogP contribution in [0, 0.1) is 5.92 Å². The van der Waals surface area contributed by atoms with Gasteiger partial charge < -0.3 is 14.2 Å². The van der Waals surface area contributed by atoms with Crippen molar-refractivity contribution in [2.45, 2.75) is 39.4 Å². The summed E-state index contributed by atoms with van der Waals surface area (Å²) in [6.45, 7) is 7.58. The fourth-order valence-corrected chi connectivity index (χ4v) is 1.83. The van der Waals surface area contributed by atoms with Gasteiger partial charge in [0.1, 0.15) is 0 Å². The predicted molar refractivity (Wildman–Crippen MR) is 60.4 cm³/mol. The number of ether oxygens (including phenoxy) is 3. The molecule has 1 aliphatic rings. The van der Waals surface area contributed by atoms with Crippen molar-refractivity contribution in [3.63, 3.8) is 0 Å². The van der Waals surface area contributed by atoms with Crippen LogP contribution in [0.1, 0.15) is 27.7 Å². The van der Waals surface area contributed by atoms with E-state index < -0.39 is 23.8 Å². The second-order valence-corrected chi connectivity index (χ2v) is 4.40. The molecule has 0 aromatic rings. The Morgan fingerprint density at radius 2 is 2.24 bits per heavy atom. The fraction of sp³-hybridized carbons (Fsp3) is 0.667. The zero-order valence-corrected chi connectivity index (χ0v) is 10.6. The van der Waals surface area contributed by atoms with Crippen LogP contribution in [-0.2, 0) is 19.0 Å². The second-order valence-electron chi connectivity index (χ2n) is 4.40. The molecule has 0 radical (unpaired) electrons. The monoisotopic (exact) mass is 242 g/mol. The summed E-state index contributed by atoms with van der Waals surface area (Å²) < 4.78 is 14.9. The molecular weight excluding hydrogens is 224 g/mol. The molecule has 0 amide bonds. The minimum absolute atomic E-state index is 0.0956. The highest BCUT2D eigenvalue weighted by molar-refractivity contribution is 5.82. The molecule has 0 bridgehead atoms. The van der Waals surface area contributed by atoms with Crippen molar-refractivity contribution >= 4 is 12.1 Å². The summed E-state index contributed by atoms with van der Waals surface area (Å²) in [5.41, 5.74) is -0.919. The molecule has 0 aliphatic carbocycles. The summed E-state index contributed by atoms with van der Waals surface area (Å²) in [7, 11) is 0. The van der Waals surface area contributed by atoms with Gasteiger partial charge in [0.25, 0.3) is 0 Å². The smallest absolute Gasteiger partial charge is 0.463 e. The number of rotatable bonds is 4. The lowest BCUT2D eigenvalue weighted by Crippen LogP contribution is -2.38. The van der Waals surface area contributed by atoms with E-state index in [4.69, 9.17) is 14.2 Å². The summed E-state index contributed by atoms with van der Waals surface area (Å²) in [5.74, 6) is -0.363. The van der Waals surface area contributed by atoms with Gasteiger partial charge in [0.05, 0.1) is 6.61 Å². The first-order valence-corrected chi connectivity index (χ1v) is 5.64. The van der Waals surface area contributed by atoms with E-state index in [1.54, 1.807) is 13.8 Å². The van der Waals surface area contributed by atoms with Crippen molar-refractivity contribution in [3.8, 4) is 0 Å². The molecule has 1 aliphatic heterocycles. The first-order chi connectivity index (χ1) is 7.89. The molecule has 0 unspecified atom stereocenters. The molecule has 1 heterocycles. The lowest BCUT2D eigenvalue weighted by Gasteiger charge is -2.25. The van der Waals surface area contributed by atoms with Crippen molar-refractivity contribution in [1.29, 1.82) is 0 Å². The lowest BCUT2D eigenvalue weighted by atomic mass is 9.90.